The number of aryl methyl sites for hydroxylation is 2. The number of nitrogen functional groups attached to an aromatic ring is 1. The normalized spacial score (nSPS) is 11.9. The Morgan fingerprint density at radius 1 is 1.00 bits per heavy atom. The van der Waals surface area contributed by atoms with E-state index in [-0.39, 0.29) is 29.4 Å². The molecule has 0 bridgehead atoms. The van der Waals surface area contributed by atoms with Crippen molar-refractivity contribution in [1.29, 1.82) is 0 Å². The number of nitrogens with two attached hydrogens (primary N) is 1. The van der Waals surface area contributed by atoms with Crippen molar-refractivity contribution in [2.75, 3.05) is 25.5 Å². The maximum Gasteiger partial charge on any atom is 0.524 e. The number of rotatable bonds is 17. The van der Waals surface area contributed by atoms with E-state index < -0.39 is 21.6 Å². The molecule has 0 unspecified atom stereocenters. The SMILES string of the molecule is C#CC(=O)NCCCOCCCc1ccc2c(c1)nc(N)c1nc(CCCC)n(Cc3cc(OP(=O)(O)O)ccc3OP(=O)(O)O)c12. The van der Waals surface area contributed by atoms with Crippen molar-refractivity contribution in [2.45, 2.75) is 52.0 Å². The van der Waals surface area contributed by atoms with Gasteiger partial charge in [0.05, 0.1) is 17.6 Å². The van der Waals surface area contributed by atoms with E-state index in [0.717, 1.165) is 36.3 Å². The number of ether oxygens (including phenoxy) is 1. The number of imidazole rings is 1. The van der Waals surface area contributed by atoms with Crippen LogP contribution in [-0.4, -0.2) is 59.8 Å². The van der Waals surface area contributed by atoms with Crippen molar-refractivity contribution in [1.82, 2.24) is 19.9 Å². The van der Waals surface area contributed by atoms with Gasteiger partial charge in [-0.15, -0.1) is 6.42 Å². The predicted molar refractivity (Wildman–Crippen MR) is 175 cm³/mol. The molecule has 2 heterocycles. The molecule has 0 radical (unpaired) electrons. The highest BCUT2D eigenvalue weighted by atomic mass is 31.2. The summed E-state index contributed by atoms with van der Waals surface area (Å²) < 4.78 is 40.5. The van der Waals surface area contributed by atoms with Crippen LogP contribution in [0.5, 0.6) is 11.5 Å². The fourth-order valence-electron chi connectivity index (χ4n) is 5.02. The van der Waals surface area contributed by atoms with Crippen LogP contribution in [0.15, 0.2) is 36.4 Å². The van der Waals surface area contributed by atoms with E-state index in [1.54, 1.807) is 0 Å². The third-order valence-electron chi connectivity index (χ3n) is 7.04. The minimum absolute atomic E-state index is 0.0483. The van der Waals surface area contributed by atoms with Gasteiger partial charge in [0.1, 0.15) is 22.8 Å². The Kier molecular flexibility index (Phi) is 12.0. The van der Waals surface area contributed by atoms with Gasteiger partial charge in [-0.3, -0.25) is 24.4 Å². The topological polar surface area (TPSA) is 229 Å². The van der Waals surface area contributed by atoms with E-state index >= 15 is 0 Å². The summed E-state index contributed by atoms with van der Waals surface area (Å²) in [6.07, 6.45) is 9.31. The zero-order valence-corrected chi connectivity index (χ0v) is 27.5. The lowest BCUT2D eigenvalue weighted by Gasteiger charge is -2.17. The number of carbonyl (C=O) groups is 1. The number of hydrogen-bond acceptors (Lipinski definition) is 9. The van der Waals surface area contributed by atoms with Gasteiger partial charge < -0.3 is 29.4 Å². The van der Waals surface area contributed by atoms with Crippen LogP contribution in [0.1, 0.15) is 49.6 Å². The van der Waals surface area contributed by atoms with E-state index in [4.69, 9.17) is 30.9 Å². The third-order valence-corrected chi connectivity index (χ3v) is 7.92. The lowest BCUT2D eigenvalue weighted by atomic mass is 10.1. The summed E-state index contributed by atoms with van der Waals surface area (Å²) in [7, 11) is -9.92. The molecule has 7 N–H and O–H groups in total. The third kappa shape index (κ3) is 10.2. The fraction of sp³-hybridized carbons (Fsp3) is 0.367. The van der Waals surface area contributed by atoms with Crippen LogP contribution in [0, 0.1) is 12.3 Å². The maximum absolute atomic E-state index is 11.8. The van der Waals surface area contributed by atoms with Crippen LogP contribution >= 0.6 is 15.6 Å². The summed E-state index contributed by atoms with van der Waals surface area (Å²) in [5, 5.41) is 3.32. The zero-order chi connectivity index (χ0) is 34.2. The van der Waals surface area contributed by atoms with Gasteiger partial charge >= 0.3 is 15.6 Å². The zero-order valence-electron chi connectivity index (χ0n) is 25.7. The van der Waals surface area contributed by atoms with Gasteiger partial charge in [-0.25, -0.2) is 19.1 Å². The van der Waals surface area contributed by atoms with Crippen LogP contribution in [-0.2, 0) is 38.0 Å². The van der Waals surface area contributed by atoms with E-state index in [2.05, 4.69) is 10.3 Å². The standard InChI is InChI=1S/C30H37N5O10P2/c1-3-5-9-26-34-28-29(35(26)19-21-18-22(44-46(37,38)39)11-13-25(21)45-47(40,41)42)23-12-10-20(17-24(23)33-30(28)31)8-6-15-43-16-7-14-32-27(36)4-2/h2,10-13,17-18H,3,5-9,14-16,19H2,1H3,(H2,31,33)(H,32,36)(H2,37,38,39)(H2,40,41,42). The van der Waals surface area contributed by atoms with Gasteiger partial charge in [-0.1, -0.05) is 25.5 Å². The molecular formula is C30H37N5O10P2. The van der Waals surface area contributed by atoms with Gasteiger partial charge in [0.25, 0.3) is 5.91 Å². The molecule has 15 nitrogen and oxygen atoms in total. The summed E-state index contributed by atoms with van der Waals surface area (Å²) in [4.78, 5) is 58.2. The second-order valence-corrected chi connectivity index (χ2v) is 13.0. The Morgan fingerprint density at radius 3 is 2.45 bits per heavy atom. The molecule has 0 aliphatic heterocycles. The van der Waals surface area contributed by atoms with Crippen molar-refractivity contribution >= 4 is 49.3 Å². The number of amides is 1. The van der Waals surface area contributed by atoms with Crippen molar-refractivity contribution in [2.24, 2.45) is 0 Å². The molecule has 0 atom stereocenters. The Labute approximate surface area is 270 Å². The number of anilines is 1. The lowest BCUT2D eigenvalue weighted by molar-refractivity contribution is -0.115. The fourth-order valence-corrected chi connectivity index (χ4v) is 5.85. The molecule has 4 rings (SSSR count). The molecule has 0 saturated heterocycles. The monoisotopic (exact) mass is 689 g/mol. The molecule has 252 valence electrons. The second kappa shape index (κ2) is 15.7. The molecule has 0 saturated carbocycles. The molecule has 1 amide bonds. The number of phosphoric acid groups is 2. The number of nitrogens with zero attached hydrogens (tertiary/aromatic N) is 3. The van der Waals surface area contributed by atoms with Crippen molar-refractivity contribution in [3.63, 3.8) is 0 Å². The Bertz CT molecular complexity index is 1880. The number of phosphoric ester groups is 2. The maximum atomic E-state index is 11.8. The first kappa shape index (κ1) is 35.9. The molecule has 0 aliphatic rings. The number of unbranched alkanes of at least 4 members (excludes halogenated alkanes) is 1. The number of nitrogens with one attached hydrogen (secondary N) is 1. The highest BCUT2D eigenvalue weighted by Gasteiger charge is 2.24. The van der Waals surface area contributed by atoms with Crippen LogP contribution < -0.4 is 20.1 Å². The number of aromatic nitrogens is 3. The number of carbonyl (C=O) groups excluding carboxylic acids is 1. The first-order valence-corrected chi connectivity index (χ1v) is 17.9. The van der Waals surface area contributed by atoms with Crippen molar-refractivity contribution in [3.8, 4) is 23.8 Å². The van der Waals surface area contributed by atoms with Gasteiger partial charge in [0, 0.05) is 37.1 Å². The molecule has 2 aromatic carbocycles. The van der Waals surface area contributed by atoms with E-state index in [1.807, 2.05) is 35.6 Å². The predicted octanol–water partition coefficient (Wildman–Crippen LogP) is 3.59. The average Bonchev–Trinajstić information content (AvgIpc) is 3.35. The lowest BCUT2D eigenvalue weighted by Crippen LogP contribution is -2.23. The quantitative estimate of drug-likeness (QED) is 0.0530. The first-order valence-electron chi connectivity index (χ1n) is 14.8. The molecule has 0 aliphatic carbocycles. The number of pyridine rings is 1. The van der Waals surface area contributed by atoms with Gasteiger partial charge in [-0.05, 0) is 61.4 Å². The summed E-state index contributed by atoms with van der Waals surface area (Å²) in [6.45, 7) is 3.43. The van der Waals surface area contributed by atoms with Crippen LogP contribution in [0.3, 0.4) is 0 Å². The number of terminal acetylenes is 1. The highest BCUT2D eigenvalue weighted by molar-refractivity contribution is 7.47. The second-order valence-electron chi connectivity index (χ2n) is 10.7. The number of benzene rings is 2. The summed E-state index contributed by atoms with van der Waals surface area (Å²) >= 11 is 0. The van der Waals surface area contributed by atoms with E-state index in [1.165, 1.54) is 12.1 Å². The van der Waals surface area contributed by atoms with Crippen molar-refractivity contribution < 1.29 is 47.3 Å². The van der Waals surface area contributed by atoms with Gasteiger partial charge in [0.15, 0.2) is 5.82 Å². The average molecular weight is 690 g/mol. The van der Waals surface area contributed by atoms with Gasteiger partial charge in [0.2, 0.25) is 0 Å². The summed E-state index contributed by atoms with van der Waals surface area (Å²) in [5.74, 6) is 1.95. The van der Waals surface area contributed by atoms with E-state index in [9.17, 15) is 33.5 Å². The van der Waals surface area contributed by atoms with Gasteiger partial charge in [-0.2, -0.15) is 0 Å². The summed E-state index contributed by atoms with van der Waals surface area (Å²) in [6, 6.07) is 9.37. The largest absolute Gasteiger partial charge is 0.524 e. The first-order chi connectivity index (χ1) is 22.3. The minimum Gasteiger partial charge on any atom is -0.404 e. The van der Waals surface area contributed by atoms with Crippen molar-refractivity contribution in [3.05, 3.63) is 53.3 Å². The number of fused-ring (bicyclic) bond motifs is 3. The summed E-state index contributed by atoms with van der Waals surface area (Å²) in [5.41, 5.74) is 9.29. The molecule has 17 heteroatoms. The highest BCUT2D eigenvalue weighted by Crippen LogP contribution is 2.43. The van der Waals surface area contributed by atoms with Crippen LogP contribution in [0.25, 0.3) is 21.9 Å². The molecular weight excluding hydrogens is 652 g/mol. The Hall–Kier alpha value is -3.99. The molecule has 2 aromatic heterocycles. The molecule has 0 spiro atoms. The minimum atomic E-state index is -4.99. The molecule has 47 heavy (non-hydrogen) atoms. The van der Waals surface area contributed by atoms with E-state index in [0.29, 0.717) is 61.4 Å². The molecule has 0 fully saturated rings. The van der Waals surface area contributed by atoms with Crippen LogP contribution in [0.2, 0.25) is 0 Å². The molecule has 4 aromatic rings. The Morgan fingerprint density at radius 2 is 1.74 bits per heavy atom. The number of hydrogen-bond donors (Lipinski definition) is 6. The van der Waals surface area contributed by atoms with Crippen LogP contribution in [0.4, 0.5) is 5.82 Å². The Balaban J connectivity index is 1.65. The smallest absolute Gasteiger partial charge is 0.404 e.